The lowest BCUT2D eigenvalue weighted by Crippen LogP contribution is -1.93. The summed E-state index contributed by atoms with van der Waals surface area (Å²) in [5, 5.41) is 17.0. The number of carboxylic acid groups (broad SMARTS) is 2. The van der Waals surface area contributed by atoms with Gasteiger partial charge in [-0.2, -0.15) is 25.3 Å². The first-order chi connectivity index (χ1) is 18.0. The maximum atomic E-state index is 10.3. The van der Waals surface area contributed by atoms with Crippen molar-refractivity contribution in [2.75, 3.05) is 11.5 Å². The molecule has 6 heteroatoms. The minimum Gasteiger partial charge on any atom is -0.481 e. The van der Waals surface area contributed by atoms with Crippen LogP contribution in [0.3, 0.4) is 0 Å². The summed E-state index contributed by atoms with van der Waals surface area (Å²) in [5.41, 5.74) is 0. The summed E-state index contributed by atoms with van der Waals surface area (Å²) in [6.07, 6.45) is 32.5. The van der Waals surface area contributed by atoms with Crippen molar-refractivity contribution in [2.24, 2.45) is 0 Å². The maximum absolute atomic E-state index is 10.3. The van der Waals surface area contributed by atoms with Gasteiger partial charge in [0.15, 0.2) is 0 Å². The Balaban J connectivity index is 0. The van der Waals surface area contributed by atoms with E-state index in [1.807, 2.05) is 0 Å². The Morgan fingerprint density at radius 1 is 0.324 bits per heavy atom. The normalized spacial score (nSPS) is 10.8. The molecule has 0 aromatic rings. The number of hydrogen-bond acceptors (Lipinski definition) is 4. The highest BCUT2D eigenvalue weighted by Crippen LogP contribution is 2.14. The average molecular weight is 563 g/mol. The van der Waals surface area contributed by atoms with E-state index in [4.69, 9.17) is 10.2 Å². The number of carboxylic acids is 2. The van der Waals surface area contributed by atoms with E-state index in [1.54, 1.807) is 0 Å². The SMILES string of the molecule is O=C(O)CCCCCCCCCCCCCCCS.O=C(O)CCCCCCCCCCCCCCS. The van der Waals surface area contributed by atoms with Crippen molar-refractivity contribution in [1.82, 2.24) is 0 Å². The first-order valence-corrected chi connectivity index (χ1v) is 17.0. The summed E-state index contributed by atoms with van der Waals surface area (Å²) in [6, 6.07) is 0. The molecule has 0 radical (unpaired) electrons. The Morgan fingerprint density at radius 2 is 0.486 bits per heavy atom. The number of carbonyl (C=O) groups is 2. The summed E-state index contributed by atoms with van der Waals surface area (Å²) < 4.78 is 0. The summed E-state index contributed by atoms with van der Waals surface area (Å²) in [7, 11) is 0. The number of rotatable bonds is 29. The molecule has 0 aromatic heterocycles. The van der Waals surface area contributed by atoms with Gasteiger partial charge in [-0.05, 0) is 37.2 Å². The van der Waals surface area contributed by atoms with Gasteiger partial charge in [0.25, 0.3) is 0 Å². The van der Waals surface area contributed by atoms with Crippen molar-refractivity contribution >= 4 is 37.2 Å². The van der Waals surface area contributed by atoms with Gasteiger partial charge in [0, 0.05) is 12.8 Å². The van der Waals surface area contributed by atoms with Gasteiger partial charge in [-0.25, -0.2) is 0 Å². The van der Waals surface area contributed by atoms with Crippen LogP contribution in [0.4, 0.5) is 0 Å². The Hall–Kier alpha value is -0.360. The van der Waals surface area contributed by atoms with E-state index in [0.717, 1.165) is 37.2 Å². The van der Waals surface area contributed by atoms with E-state index in [0.29, 0.717) is 12.8 Å². The Kier molecular flexibility index (Phi) is 37.4. The molecule has 0 bridgehead atoms. The van der Waals surface area contributed by atoms with Crippen molar-refractivity contribution in [3.05, 3.63) is 0 Å². The fourth-order valence-electron chi connectivity index (χ4n) is 4.49. The van der Waals surface area contributed by atoms with Crippen LogP contribution in [-0.2, 0) is 9.59 Å². The quantitative estimate of drug-likeness (QED) is 0.0540. The molecule has 4 nitrogen and oxygen atoms in total. The van der Waals surface area contributed by atoms with Gasteiger partial charge >= 0.3 is 11.9 Å². The van der Waals surface area contributed by atoms with Crippen molar-refractivity contribution in [3.63, 3.8) is 0 Å². The zero-order valence-electron chi connectivity index (χ0n) is 24.1. The lowest BCUT2D eigenvalue weighted by Gasteiger charge is -2.02. The van der Waals surface area contributed by atoms with Gasteiger partial charge in [-0.15, -0.1) is 0 Å². The molecular weight excluding hydrogens is 500 g/mol. The van der Waals surface area contributed by atoms with Crippen molar-refractivity contribution in [2.45, 2.75) is 173 Å². The highest BCUT2D eigenvalue weighted by molar-refractivity contribution is 7.80. The minimum absolute atomic E-state index is 0.340. The van der Waals surface area contributed by atoms with Crippen molar-refractivity contribution in [1.29, 1.82) is 0 Å². The predicted octanol–water partition coefficient (Wildman–Crippen LogP) is 10.5. The lowest BCUT2D eigenvalue weighted by atomic mass is 10.0. The summed E-state index contributed by atoms with van der Waals surface area (Å²) in [6.45, 7) is 0. The number of aliphatic carboxylic acids is 2. The van der Waals surface area contributed by atoms with E-state index in [1.165, 1.54) is 135 Å². The molecule has 0 aliphatic heterocycles. The number of hydrogen-bond donors (Lipinski definition) is 4. The molecule has 0 aromatic carbocycles. The van der Waals surface area contributed by atoms with E-state index >= 15 is 0 Å². The maximum Gasteiger partial charge on any atom is 0.303 e. The third-order valence-corrected chi connectivity index (χ3v) is 7.48. The van der Waals surface area contributed by atoms with Crippen LogP contribution in [0.1, 0.15) is 173 Å². The molecule has 222 valence electrons. The Morgan fingerprint density at radius 3 is 0.649 bits per heavy atom. The summed E-state index contributed by atoms with van der Waals surface area (Å²) >= 11 is 8.42. The second-order valence-corrected chi connectivity index (χ2v) is 11.5. The first-order valence-electron chi connectivity index (χ1n) is 15.7. The van der Waals surface area contributed by atoms with E-state index in [-0.39, 0.29) is 0 Å². The zero-order chi connectivity index (χ0) is 27.7. The van der Waals surface area contributed by atoms with Crippen LogP contribution in [-0.4, -0.2) is 33.7 Å². The molecule has 0 heterocycles. The molecule has 0 spiro atoms. The molecule has 0 saturated carbocycles. The largest absolute Gasteiger partial charge is 0.481 e. The predicted molar refractivity (Wildman–Crippen MR) is 168 cm³/mol. The van der Waals surface area contributed by atoms with Crippen LogP contribution in [0.5, 0.6) is 0 Å². The molecule has 0 fully saturated rings. The third-order valence-electron chi connectivity index (χ3n) is 6.85. The summed E-state index contributed by atoms with van der Waals surface area (Å²) in [4.78, 5) is 20.6. The van der Waals surface area contributed by atoms with Crippen molar-refractivity contribution in [3.8, 4) is 0 Å². The second-order valence-electron chi connectivity index (χ2n) is 10.6. The van der Waals surface area contributed by atoms with Crippen LogP contribution in [0.25, 0.3) is 0 Å². The first kappa shape index (κ1) is 38.8. The van der Waals surface area contributed by atoms with E-state index in [2.05, 4.69) is 25.3 Å². The lowest BCUT2D eigenvalue weighted by molar-refractivity contribution is -0.138. The van der Waals surface area contributed by atoms with Crippen LogP contribution in [0.2, 0.25) is 0 Å². The van der Waals surface area contributed by atoms with Gasteiger partial charge < -0.3 is 10.2 Å². The topological polar surface area (TPSA) is 74.6 Å². The number of unbranched alkanes of at least 4 members (excludes halogenated alkanes) is 23. The molecule has 0 unspecified atom stereocenters. The summed E-state index contributed by atoms with van der Waals surface area (Å²) in [5.74, 6) is 0.747. The molecule has 0 atom stereocenters. The van der Waals surface area contributed by atoms with Gasteiger partial charge in [-0.3, -0.25) is 9.59 Å². The second kappa shape index (κ2) is 35.6. The average Bonchev–Trinajstić information content (AvgIpc) is 2.87. The van der Waals surface area contributed by atoms with Crippen molar-refractivity contribution < 1.29 is 19.8 Å². The molecule has 2 N–H and O–H groups in total. The zero-order valence-corrected chi connectivity index (χ0v) is 25.9. The van der Waals surface area contributed by atoms with Crippen LogP contribution >= 0.6 is 25.3 Å². The Labute approximate surface area is 241 Å². The van der Waals surface area contributed by atoms with Crippen LogP contribution in [0.15, 0.2) is 0 Å². The Bertz CT molecular complexity index is 460. The standard InChI is InChI=1S/C16H32O2S.C15H30O2S/c17-16(18)14-12-10-8-6-4-2-1-3-5-7-9-11-13-15-19;16-15(17)13-11-9-7-5-3-1-2-4-6-8-10-12-14-18/h19H,1-15H2,(H,17,18);18H,1-14H2,(H,16,17). The van der Waals surface area contributed by atoms with E-state index in [9.17, 15) is 9.59 Å². The highest BCUT2D eigenvalue weighted by Gasteiger charge is 1.98. The fourth-order valence-corrected chi connectivity index (χ4v) is 4.94. The molecule has 0 amide bonds. The number of thiol groups is 2. The monoisotopic (exact) mass is 562 g/mol. The van der Waals surface area contributed by atoms with Gasteiger partial charge in [0.2, 0.25) is 0 Å². The van der Waals surface area contributed by atoms with Crippen LogP contribution in [0, 0.1) is 0 Å². The molecule has 0 saturated heterocycles. The molecule has 0 aliphatic rings. The highest BCUT2D eigenvalue weighted by atomic mass is 32.1. The minimum atomic E-state index is -0.659. The van der Waals surface area contributed by atoms with Gasteiger partial charge in [0.1, 0.15) is 0 Å². The smallest absolute Gasteiger partial charge is 0.303 e. The van der Waals surface area contributed by atoms with Gasteiger partial charge in [0.05, 0.1) is 0 Å². The molecule has 0 rings (SSSR count). The molecule has 0 aliphatic carbocycles. The fraction of sp³-hybridized carbons (Fsp3) is 0.935. The molecule has 37 heavy (non-hydrogen) atoms. The molecular formula is C31H62O4S2. The van der Waals surface area contributed by atoms with Gasteiger partial charge in [-0.1, -0.05) is 135 Å². The van der Waals surface area contributed by atoms with Crippen LogP contribution < -0.4 is 0 Å². The third kappa shape index (κ3) is 43.0. The van der Waals surface area contributed by atoms with E-state index < -0.39 is 11.9 Å².